The van der Waals surface area contributed by atoms with Crippen molar-refractivity contribution in [2.45, 2.75) is 38.0 Å². The molecule has 2 aliphatic rings. The number of halogens is 1. The van der Waals surface area contributed by atoms with Crippen molar-refractivity contribution < 1.29 is 14.3 Å². The molecule has 0 aromatic heterocycles. The summed E-state index contributed by atoms with van der Waals surface area (Å²) in [5.74, 6) is -0.325. The Kier molecular flexibility index (Phi) is 5.72. The lowest BCUT2D eigenvalue weighted by Gasteiger charge is -2.34. The monoisotopic (exact) mass is 351 g/mol. The Hall–Kier alpha value is -1.90. The van der Waals surface area contributed by atoms with Crippen LogP contribution in [-0.2, 0) is 0 Å². The summed E-state index contributed by atoms with van der Waals surface area (Å²) >= 11 is 0. The third-order valence-electron chi connectivity index (χ3n) is 4.77. The zero-order chi connectivity index (χ0) is 17.8. The number of carbonyl (C=O) groups is 1. The lowest BCUT2D eigenvalue weighted by molar-refractivity contribution is 0.145. The summed E-state index contributed by atoms with van der Waals surface area (Å²) in [5.41, 5.74) is 7.57. The van der Waals surface area contributed by atoms with E-state index in [9.17, 15) is 14.3 Å². The maximum Gasteiger partial charge on any atom is 0.315 e. The second-order valence-corrected chi connectivity index (χ2v) is 6.72. The smallest absolute Gasteiger partial charge is 0.315 e. The highest BCUT2D eigenvalue weighted by atomic mass is 19.1. The highest BCUT2D eigenvalue weighted by molar-refractivity contribution is 5.75. The van der Waals surface area contributed by atoms with Gasteiger partial charge in [-0.2, -0.15) is 0 Å². The first-order chi connectivity index (χ1) is 12.0. The first-order valence-corrected chi connectivity index (χ1v) is 8.78. The summed E-state index contributed by atoms with van der Waals surface area (Å²) in [5, 5.41) is 15.5. The number of nitrogens with one attached hydrogen (secondary N) is 4. The predicted octanol–water partition coefficient (Wildman–Crippen LogP) is 0.623. The highest BCUT2D eigenvalue weighted by Crippen LogP contribution is 2.29. The first kappa shape index (κ1) is 17.9. The molecule has 7 nitrogen and oxygen atoms in total. The van der Waals surface area contributed by atoms with Crippen molar-refractivity contribution in [1.82, 2.24) is 21.5 Å². The lowest BCUT2D eigenvalue weighted by Crippen LogP contribution is -2.45. The molecule has 8 heteroatoms. The van der Waals surface area contributed by atoms with Crippen molar-refractivity contribution in [3.05, 3.63) is 29.6 Å². The van der Waals surface area contributed by atoms with Crippen LogP contribution >= 0.6 is 0 Å². The zero-order valence-electron chi connectivity index (χ0n) is 14.4. The SMILES string of the molecule is CC(NC(=O)NC1CNNC1)c1cc(F)ccc1N1CCC(O)CC1. The van der Waals surface area contributed by atoms with Gasteiger partial charge in [-0.25, -0.2) is 9.18 Å². The number of anilines is 1. The Labute approximate surface area is 146 Å². The minimum atomic E-state index is -0.333. The van der Waals surface area contributed by atoms with E-state index in [2.05, 4.69) is 26.4 Å². The zero-order valence-corrected chi connectivity index (χ0v) is 14.4. The number of hydrogen-bond donors (Lipinski definition) is 5. The third-order valence-corrected chi connectivity index (χ3v) is 4.77. The van der Waals surface area contributed by atoms with E-state index in [0.29, 0.717) is 25.9 Å². The van der Waals surface area contributed by atoms with Crippen LogP contribution in [0.15, 0.2) is 18.2 Å². The van der Waals surface area contributed by atoms with E-state index in [1.807, 2.05) is 6.92 Å². The van der Waals surface area contributed by atoms with Gasteiger partial charge < -0.3 is 20.6 Å². The first-order valence-electron chi connectivity index (χ1n) is 8.78. The summed E-state index contributed by atoms with van der Waals surface area (Å²) in [7, 11) is 0. The largest absolute Gasteiger partial charge is 0.393 e. The van der Waals surface area contributed by atoms with Gasteiger partial charge in [0.25, 0.3) is 0 Å². The molecule has 1 unspecified atom stereocenters. The molecule has 2 saturated heterocycles. The molecular formula is C17H26FN5O2. The summed E-state index contributed by atoms with van der Waals surface area (Å²) in [6, 6.07) is 4.09. The van der Waals surface area contributed by atoms with Crippen LogP contribution in [0.3, 0.4) is 0 Å². The van der Waals surface area contributed by atoms with Crippen LogP contribution in [0.1, 0.15) is 31.4 Å². The molecule has 5 N–H and O–H groups in total. The second-order valence-electron chi connectivity index (χ2n) is 6.72. The Bertz CT molecular complexity index is 601. The van der Waals surface area contributed by atoms with Gasteiger partial charge in [-0.3, -0.25) is 10.9 Å². The molecule has 0 radical (unpaired) electrons. The van der Waals surface area contributed by atoms with E-state index in [1.165, 1.54) is 12.1 Å². The van der Waals surface area contributed by atoms with E-state index in [4.69, 9.17) is 0 Å². The standard InChI is InChI=1S/C17H26FN5O2/c1-11(21-17(25)22-13-9-19-20-10-13)15-8-12(18)2-3-16(15)23-6-4-14(24)5-7-23/h2-3,8,11,13-14,19-20,24H,4-7,9-10H2,1H3,(H2,21,22,25). The van der Waals surface area contributed by atoms with Gasteiger partial charge in [0, 0.05) is 37.4 Å². The summed E-state index contributed by atoms with van der Waals surface area (Å²) < 4.78 is 13.8. The average Bonchev–Trinajstić information content (AvgIpc) is 3.08. The average molecular weight is 351 g/mol. The molecular weight excluding hydrogens is 325 g/mol. The van der Waals surface area contributed by atoms with Crippen LogP contribution in [0.4, 0.5) is 14.9 Å². The number of carbonyl (C=O) groups excluding carboxylic acids is 1. The van der Waals surface area contributed by atoms with Crippen LogP contribution in [0.5, 0.6) is 0 Å². The number of hydrazine groups is 1. The number of aliphatic hydroxyl groups is 1. The minimum Gasteiger partial charge on any atom is -0.393 e. The molecule has 0 saturated carbocycles. The van der Waals surface area contributed by atoms with Gasteiger partial charge in [0.05, 0.1) is 18.2 Å². The normalized spacial score (nSPS) is 20.5. The van der Waals surface area contributed by atoms with Crippen molar-refractivity contribution in [2.24, 2.45) is 0 Å². The Morgan fingerprint density at radius 1 is 1.32 bits per heavy atom. The fraction of sp³-hybridized carbons (Fsp3) is 0.588. The van der Waals surface area contributed by atoms with Crippen molar-refractivity contribution in [3.8, 4) is 0 Å². The van der Waals surface area contributed by atoms with Gasteiger partial charge in [0.15, 0.2) is 0 Å². The summed E-state index contributed by atoms with van der Waals surface area (Å²) in [4.78, 5) is 14.3. The van der Waals surface area contributed by atoms with Crippen molar-refractivity contribution in [3.63, 3.8) is 0 Å². The van der Waals surface area contributed by atoms with Gasteiger partial charge in [-0.1, -0.05) is 0 Å². The number of amides is 2. The molecule has 25 heavy (non-hydrogen) atoms. The van der Waals surface area contributed by atoms with Crippen molar-refractivity contribution >= 4 is 11.7 Å². The fourth-order valence-electron chi connectivity index (χ4n) is 3.33. The molecule has 0 bridgehead atoms. The van der Waals surface area contributed by atoms with E-state index in [1.54, 1.807) is 6.07 Å². The topological polar surface area (TPSA) is 88.7 Å². The van der Waals surface area contributed by atoms with Crippen molar-refractivity contribution in [2.75, 3.05) is 31.1 Å². The maximum absolute atomic E-state index is 13.8. The molecule has 138 valence electrons. The predicted molar refractivity (Wildman–Crippen MR) is 93.7 cm³/mol. The Morgan fingerprint density at radius 3 is 2.68 bits per heavy atom. The molecule has 0 spiro atoms. The number of piperidine rings is 1. The Balaban J connectivity index is 1.68. The number of hydrogen-bond acceptors (Lipinski definition) is 5. The number of benzene rings is 1. The van der Waals surface area contributed by atoms with Gasteiger partial charge in [-0.05, 0) is 38.0 Å². The number of nitrogens with zero attached hydrogens (tertiary/aromatic N) is 1. The van der Waals surface area contributed by atoms with Crippen LogP contribution < -0.4 is 26.4 Å². The summed E-state index contributed by atoms with van der Waals surface area (Å²) in [6.45, 7) is 4.63. The number of aliphatic hydroxyl groups excluding tert-OH is 1. The maximum atomic E-state index is 13.8. The molecule has 1 atom stereocenters. The van der Waals surface area contributed by atoms with Gasteiger partial charge in [0.1, 0.15) is 5.82 Å². The molecule has 2 heterocycles. The molecule has 1 aromatic carbocycles. The van der Waals surface area contributed by atoms with E-state index < -0.39 is 0 Å². The van der Waals surface area contributed by atoms with E-state index in [0.717, 1.165) is 24.3 Å². The van der Waals surface area contributed by atoms with Crippen LogP contribution in [-0.4, -0.2) is 49.5 Å². The molecule has 0 aliphatic carbocycles. The molecule has 2 aliphatic heterocycles. The molecule has 2 amide bonds. The van der Waals surface area contributed by atoms with Gasteiger partial charge >= 0.3 is 6.03 Å². The molecule has 2 fully saturated rings. The van der Waals surface area contributed by atoms with Gasteiger partial charge in [0.2, 0.25) is 0 Å². The third kappa shape index (κ3) is 4.59. The summed E-state index contributed by atoms with van der Waals surface area (Å²) in [6.07, 6.45) is 1.12. The van der Waals surface area contributed by atoms with E-state index >= 15 is 0 Å². The Morgan fingerprint density at radius 2 is 2.00 bits per heavy atom. The molecule has 3 rings (SSSR count). The lowest BCUT2D eigenvalue weighted by atomic mass is 10.0. The fourth-order valence-corrected chi connectivity index (χ4v) is 3.33. The van der Waals surface area contributed by atoms with Crippen molar-refractivity contribution in [1.29, 1.82) is 0 Å². The molecule has 1 aromatic rings. The van der Waals surface area contributed by atoms with Gasteiger partial charge in [-0.15, -0.1) is 0 Å². The second kappa shape index (κ2) is 7.99. The van der Waals surface area contributed by atoms with Crippen LogP contribution in [0, 0.1) is 5.82 Å². The van der Waals surface area contributed by atoms with E-state index in [-0.39, 0.29) is 30.0 Å². The van der Waals surface area contributed by atoms with Crippen LogP contribution in [0.2, 0.25) is 0 Å². The highest BCUT2D eigenvalue weighted by Gasteiger charge is 2.23. The van der Waals surface area contributed by atoms with Crippen LogP contribution in [0.25, 0.3) is 0 Å². The number of rotatable bonds is 4. The quantitative estimate of drug-likeness (QED) is 0.549. The minimum absolute atomic E-state index is 0.0303. The number of urea groups is 1.